The van der Waals surface area contributed by atoms with E-state index in [1.54, 1.807) is 23.0 Å². The first-order valence-electron chi connectivity index (χ1n) is 8.12. The lowest BCUT2D eigenvalue weighted by molar-refractivity contribution is -0.145. The Labute approximate surface area is 145 Å². The molecule has 0 fully saturated rings. The number of aromatic nitrogens is 2. The number of ether oxygens (including phenoxy) is 1. The van der Waals surface area contributed by atoms with E-state index < -0.39 is 0 Å². The van der Waals surface area contributed by atoms with E-state index in [9.17, 15) is 9.18 Å². The fraction of sp³-hybridized carbons (Fsp3) is 0.200. The van der Waals surface area contributed by atoms with Gasteiger partial charge in [0.2, 0.25) is 0 Å². The van der Waals surface area contributed by atoms with Crippen molar-refractivity contribution in [2.24, 2.45) is 0 Å². The van der Waals surface area contributed by atoms with Crippen LogP contribution in [0.25, 0.3) is 5.69 Å². The van der Waals surface area contributed by atoms with Crippen molar-refractivity contribution in [1.82, 2.24) is 9.78 Å². The van der Waals surface area contributed by atoms with Crippen LogP contribution in [-0.2, 0) is 16.1 Å². The number of benzene rings is 2. The molecule has 1 heterocycles. The summed E-state index contributed by atoms with van der Waals surface area (Å²) in [4.78, 5) is 12.0. The maximum atomic E-state index is 12.9. The molecule has 128 valence electrons. The fourth-order valence-electron chi connectivity index (χ4n) is 2.55. The molecule has 0 radical (unpaired) electrons. The summed E-state index contributed by atoms with van der Waals surface area (Å²) in [7, 11) is 0. The molecular weight excluding hydrogens is 319 g/mol. The van der Waals surface area contributed by atoms with Crippen molar-refractivity contribution >= 4 is 5.97 Å². The van der Waals surface area contributed by atoms with Gasteiger partial charge in [-0.05, 0) is 47.4 Å². The number of carbonyl (C=O) groups excluding carboxylic acids is 1. The van der Waals surface area contributed by atoms with Crippen molar-refractivity contribution in [3.8, 4) is 5.69 Å². The maximum Gasteiger partial charge on any atom is 0.306 e. The standard InChI is InChI=1S/C20H19FN2O2/c1-15(17-5-7-18(21)8-6-17)13-20(24)25-14-16-3-9-19(10-4-16)23-12-2-11-22-23/h2-12,15H,13-14H2,1H3. The molecule has 4 nitrogen and oxygen atoms in total. The molecule has 1 aromatic heterocycles. The van der Waals surface area contributed by atoms with Gasteiger partial charge in [0.15, 0.2) is 0 Å². The molecule has 3 rings (SSSR count). The summed E-state index contributed by atoms with van der Waals surface area (Å²) in [5.74, 6) is -0.569. The predicted molar refractivity (Wildman–Crippen MR) is 92.8 cm³/mol. The minimum Gasteiger partial charge on any atom is -0.461 e. The number of hydrogen-bond acceptors (Lipinski definition) is 3. The molecule has 0 bridgehead atoms. The Hall–Kier alpha value is -2.95. The van der Waals surface area contributed by atoms with Crippen molar-refractivity contribution in [3.63, 3.8) is 0 Å². The molecule has 25 heavy (non-hydrogen) atoms. The Kier molecular flexibility index (Phi) is 5.23. The smallest absolute Gasteiger partial charge is 0.306 e. The van der Waals surface area contributed by atoms with Crippen molar-refractivity contribution in [1.29, 1.82) is 0 Å². The Morgan fingerprint density at radius 3 is 2.52 bits per heavy atom. The third-order valence-electron chi connectivity index (χ3n) is 4.02. The fourth-order valence-corrected chi connectivity index (χ4v) is 2.55. The van der Waals surface area contributed by atoms with Crippen molar-refractivity contribution in [2.75, 3.05) is 0 Å². The lowest BCUT2D eigenvalue weighted by Crippen LogP contribution is -2.09. The van der Waals surface area contributed by atoms with E-state index in [0.717, 1.165) is 16.8 Å². The van der Waals surface area contributed by atoms with Gasteiger partial charge in [-0.25, -0.2) is 9.07 Å². The first-order chi connectivity index (χ1) is 12.1. The quantitative estimate of drug-likeness (QED) is 0.631. The van der Waals surface area contributed by atoms with E-state index in [4.69, 9.17) is 4.74 Å². The molecule has 0 saturated heterocycles. The molecule has 0 spiro atoms. The van der Waals surface area contributed by atoms with Crippen LogP contribution in [0.2, 0.25) is 0 Å². The average molecular weight is 338 g/mol. The van der Waals surface area contributed by atoms with Gasteiger partial charge >= 0.3 is 5.97 Å². The summed E-state index contributed by atoms with van der Waals surface area (Å²) in [6.07, 6.45) is 3.85. The van der Waals surface area contributed by atoms with E-state index in [-0.39, 0.29) is 30.7 Å². The van der Waals surface area contributed by atoms with Gasteiger partial charge in [-0.1, -0.05) is 31.2 Å². The molecule has 0 N–H and O–H groups in total. The van der Waals surface area contributed by atoms with Crippen LogP contribution in [0.5, 0.6) is 0 Å². The van der Waals surface area contributed by atoms with Crippen LogP contribution >= 0.6 is 0 Å². The Morgan fingerprint density at radius 2 is 1.88 bits per heavy atom. The highest BCUT2D eigenvalue weighted by Crippen LogP contribution is 2.20. The van der Waals surface area contributed by atoms with Gasteiger partial charge in [-0.2, -0.15) is 5.10 Å². The second-order valence-corrected chi connectivity index (χ2v) is 5.93. The molecule has 1 atom stereocenters. The minimum atomic E-state index is -0.280. The molecule has 2 aromatic carbocycles. The molecule has 0 aliphatic heterocycles. The van der Waals surface area contributed by atoms with Crippen LogP contribution in [-0.4, -0.2) is 15.7 Å². The van der Waals surface area contributed by atoms with E-state index in [0.29, 0.717) is 0 Å². The predicted octanol–water partition coefficient (Wildman–Crippen LogP) is 4.25. The van der Waals surface area contributed by atoms with Crippen molar-refractivity contribution in [3.05, 3.63) is 83.9 Å². The van der Waals surface area contributed by atoms with Gasteiger partial charge in [0.05, 0.1) is 12.1 Å². The first kappa shape index (κ1) is 16.9. The summed E-state index contributed by atoms with van der Waals surface area (Å²) >= 11 is 0. The average Bonchev–Trinajstić information content (AvgIpc) is 3.15. The number of nitrogens with zero attached hydrogens (tertiary/aromatic N) is 2. The molecule has 0 aliphatic carbocycles. The largest absolute Gasteiger partial charge is 0.461 e. The van der Waals surface area contributed by atoms with Crippen LogP contribution in [0.3, 0.4) is 0 Å². The number of rotatable bonds is 6. The summed E-state index contributed by atoms with van der Waals surface area (Å²) in [5.41, 5.74) is 2.78. The monoisotopic (exact) mass is 338 g/mol. The van der Waals surface area contributed by atoms with Crippen molar-refractivity contribution in [2.45, 2.75) is 25.9 Å². The molecule has 0 saturated carbocycles. The molecular formula is C20H19FN2O2. The summed E-state index contributed by atoms with van der Waals surface area (Å²) < 4.78 is 20.0. The van der Waals surface area contributed by atoms with Gasteiger partial charge < -0.3 is 4.74 Å². The normalized spacial score (nSPS) is 11.9. The molecule has 5 heteroatoms. The second kappa shape index (κ2) is 7.75. The van der Waals surface area contributed by atoms with Gasteiger partial charge in [0, 0.05) is 12.4 Å². The van der Waals surface area contributed by atoms with Crippen molar-refractivity contribution < 1.29 is 13.9 Å². The number of halogens is 1. The second-order valence-electron chi connectivity index (χ2n) is 5.93. The number of carbonyl (C=O) groups is 1. The summed E-state index contributed by atoms with van der Waals surface area (Å²) in [6.45, 7) is 2.15. The topological polar surface area (TPSA) is 44.1 Å². The van der Waals surface area contributed by atoms with Crippen LogP contribution in [0.1, 0.15) is 30.4 Å². The van der Waals surface area contributed by atoms with E-state index in [1.165, 1.54) is 12.1 Å². The highest BCUT2D eigenvalue weighted by atomic mass is 19.1. The van der Waals surface area contributed by atoms with Crippen LogP contribution in [0, 0.1) is 5.82 Å². The zero-order valence-corrected chi connectivity index (χ0v) is 13.9. The lowest BCUT2D eigenvalue weighted by Gasteiger charge is -2.12. The highest BCUT2D eigenvalue weighted by molar-refractivity contribution is 5.70. The molecule has 0 aliphatic rings. The molecule has 0 amide bonds. The third-order valence-corrected chi connectivity index (χ3v) is 4.02. The van der Waals surface area contributed by atoms with Gasteiger partial charge in [-0.15, -0.1) is 0 Å². The van der Waals surface area contributed by atoms with E-state index >= 15 is 0 Å². The Bertz CT molecular complexity index is 812. The number of hydrogen-bond donors (Lipinski definition) is 0. The lowest BCUT2D eigenvalue weighted by atomic mass is 9.98. The van der Waals surface area contributed by atoms with Gasteiger partial charge in [0.25, 0.3) is 0 Å². The van der Waals surface area contributed by atoms with Gasteiger partial charge in [-0.3, -0.25) is 4.79 Å². The van der Waals surface area contributed by atoms with Crippen LogP contribution < -0.4 is 0 Å². The zero-order chi connectivity index (χ0) is 17.6. The Morgan fingerprint density at radius 1 is 1.16 bits per heavy atom. The number of esters is 1. The molecule has 1 unspecified atom stereocenters. The third kappa shape index (κ3) is 4.53. The minimum absolute atomic E-state index is 0.0182. The Balaban J connectivity index is 1.51. The highest BCUT2D eigenvalue weighted by Gasteiger charge is 2.12. The van der Waals surface area contributed by atoms with Gasteiger partial charge in [0.1, 0.15) is 12.4 Å². The summed E-state index contributed by atoms with van der Waals surface area (Å²) in [6, 6.07) is 15.7. The maximum absolute atomic E-state index is 12.9. The molecule has 3 aromatic rings. The van der Waals surface area contributed by atoms with E-state index in [1.807, 2.05) is 43.5 Å². The van der Waals surface area contributed by atoms with E-state index in [2.05, 4.69) is 5.10 Å². The summed E-state index contributed by atoms with van der Waals surface area (Å²) in [5, 5.41) is 4.17. The zero-order valence-electron chi connectivity index (χ0n) is 13.9. The van der Waals surface area contributed by atoms with Crippen LogP contribution in [0.4, 0.5) is 4.39 Å². The van der Waals surface area contributed by atoms with Crippen LogP contribution in [0.15, 0.2) is 67.0 Å². The SMILES string of the molecule is CC(CC(=O)OCc1ccc(-n2cccn2)cc1)c1ccc(F)cc1. The first-order valence-corrected chi connectivity index (χ1v) is 8.12.